The molecule has 2 aromatic heterocycles. The van der Waals surface area contributed by atoms with Crippen molar-refractivity contribution in [3.05, 3.63) is 36.5 Å². The van der Waals surface area contributed by atoms with Crippen LogP contribution in [0, 0.1) is 5.92 Å². The van der Waals surface area contributed by atoms with Gasteiger partial charge in [-0.25, -0.2) is 4.98 Å². The summed E-state index contributed by atoms with van der Waals surface area (Å²) in [5.41, 5.74) is 1.96. The topological polar surface area (TPSA) is 33.4 Å². The number of piperidine rings is 1. The van der Waals surface area contributed by atoms with Crippen molar-refractivity contribution in [1.82, 2.24) is 14.4 Å². The highest BCUT2D eigenvalue weighted by Gasteiger charge is 2.20. The summed E-state index contributed by atoms with van der Waals surface area (Å²) in [4.78, 5) is 11.4. The predicted octanol–water partition coefficient (Wildman–Crippen LogP) is 3.46. The van der Waals surface area contributed by atoms with Gasteiger partial charge in [0.2, 0.25) is 5.78 Å². The number of hydrogen-bond donors (Lipinski definition) is 0. The molecule has 0 radical (unpaired) electrons. The van der Waals surface area contributed by atoms with Gasteiger partial charge in [-0.05, 0) is 43.4 Å². The van der Waals surface area contributed by atoms with Crippen LogP contribution in [-0.4, -0.2) is 34.1 Å². The van der Waals surface area contributed by atoms with Gasteiger partial charge in [-0.1, -0.05) is 12.1 Å². The number of benzene rings is 1. The molecule has 3 aromatic rings. The Morgan fingerprint density at radius 2 is 2.00 bits per heavy atom. The minimum atomic E-state index is -2.57. The lowest BCUT2D eigenvalue weighted by atomic mass is 9.94. The molecular formula is C17H19FN4. The highest BCUT2D eigenvalue weighted by Crippen LogP contribution is 2.25. The first kappa shape index (κ1) is 11.4. The molecule has 1 saturated heterocycles. The maximum atomic E-state index is 13.2. The summed E-state index contributed by atoms with van der Waals surface area (Å²) in [6, 6.07) is 9.92. The van der Waals surface area contributed by atoms with Crippen LogP contribution in [0.15, 0.2) is 36.5 Å². The lowest BCUT2D eigenvalue weighted by Crippen LogP contribution is -2.34. The number of imidazole rings is 1. The molecule has 4 rings (SSSR count). The van der Waals surface area contributed by atoms with E-state index in [-0.39, 0.29) is 12.3 Å². The van der Waals surface area contributed by atoms with Gasteiger partial charge in [0.1, 0.15) is 5.82 Å². The van der Waals surface area contributed by atoms with Crippen molar-refractivity contribution in [2.24, 2.45) is 5.92 Å². The third-order valence-electron chi connectivity index (χ3n) is 4.47. The lowest BCUT2D eigenvalue weighted by molar-refractivity contribution is 0.332. The molecule has 1 aliphatic heterocycles. The fraction of sp³-hybridized carbons (Fsp3) is 0.412. The third kappa shape index (κ3) is 2.30. The Morgan fingerprint density at radius 1 is 1.18 bits per heavy atom. The van der Waals surface area contributed by atoms with Gasteiger partial charge in [-0.2, -0.15) is 4.98 Å². The van der Waals surface area contributed by atoms with Crippen LogP contribution in [-0.2, 0) is 0 Å². The van der Waals surface area contributed by atoms with Crippen LogP contribution in [0.25, 0.3) is 16.8 Å². The quantitative estimate of drug-likeness (QED) is 0.743. The maximum absolute atomic E-state index is 13.2. The van der Waals surface area contributed by atoms with Gasteiger partial charge in [0.25, 0.3) is 0 Å². The van der Waals surface area contributed by atoms with Gasteiger partial charge in [0, 0.05) is 19.3 Å². The average Bonchev–Trinajstić information content (AvgIpc) is 2.91. The smallest absolute Gasteiger partial charge is 0.236 e. The molecule has 0 unspecified atom stereocenters. The van der Waals surface area contributed by atoms with Crippen LogP contribution in [0.1, 0.15) is 22.0 Å². The number of rotatable bonds is 3. The zero-order valence-corrected chi connectivity index (χ0v) is 12.2. The van der Waals surface area contributed by atoms with E-state index in [1.165, 1.54) is 0 Å². The third-order valence-corrected chi connectivity index (χ3v) is 4.47. The van der Waals surface area contributed by atoms with Crippen LogP contribution in [0.5, 0.6) is 0 Å². The summed E-state index contributed by atoms with van der Waals surface area (Å²) in [6.45, 7) is -1.03. The monoisotopic (exact) mass is 300 g/mol. The van der Waals surface area contributed by atoms with Gasteiger partial charge in [-0.3, -0.25) is 8.79 Å². The molecule has 1 aromatic carbocycles. The number of aromatic nitrogens is 3. The van der Waals surface area contributed by atoms with E-state index in [9.17, 15) is 4.39 Å². The minimum Gasteiger partial charge on any atom is -0.356 e. The summed E-state index contributed by atoms with van der Waals surface area (Å²) >= 11 is 0. The van der Waals surface area contributed by atoms with Crippen LogP contribution in [0.2, 0.25) is 0 Å². The van der Waals surface area contributed by atoms with Gasteiger partial charge >= 0.3 is 0 Å². The first-order valence-electron chi connectivity index (χ1n) is 8.67. The van der Waals surface area contributed by atoms with Crippen LogP contribution in [0.4, 0.5) is 10.2 Å². The number of anilines is 1. The molecule has 22 heavy (non-hydrogen) atoms. The summed E-state index contributed by atoms with van der Waals surface area (Å²) in [5, 5.41) is 0. The molecule has 1 fully saturated rings. The zero-order chi connectivity index (χ0) is 16.7. The zero-order valence-electron chi connectivity index (χ0n) is 14.2. The van der Waals surface area contributed by atoms with Crippen molar-refractivity contribution in [2.75, 3.05) is 24.6 Å². The Balaban J connectivity index is 1.54. The van der Waals surface area contributed by atoms with Gasteiger partial charge in [0.05, 0.1) is 20.4 Å². The number of para-hydroxylation sites is 2. The Kier molecular flexibility index (Phi) is 2.88. The molecule has 114 valence electrons. The second-order valence-corrected chi connectivity index (χ2v) is 5.82. The molecule has 0 atom stereocenters. The molecule has 0 bridgehead atoms. The van der Waals surface area contributed by atoms with Crippen LogP contribution < -0.4 is 4.90 Å². The fourth-order valence-electron chi connectivity index (χ4n) is 3.19. The Labute approximate surface area is 131 Å². The number of alkyl halides is 1. The van der Waals surface area contributed by atoms with Crippen molar-refractivity contribution in [1.29, 1.82) is 0 Å². The normalized spacial score (nSPS) is 18.7. The summed E-state index contributed by atoms with van der Waals surface area (Å²) in [6.07, 6.45) is 3.54. The fourth-order valence-corrected chi connectivity index (χ4v) is 3.19. The minimum absolute atomic E-state index is 0.0149. The van der Waals surface area contributed by atoms with Gasteiger partial charge < -0.3 is 4.90 Å². The Morgan fingerprint density at radius 3 is 2.82 bits per heavy atom. The van der Waals surface area contributed by atoms with E-state index in [4.69, 9.17) is 2.74 Å². The van der Waals surface area contributed by atoms with Gasteiger partial charge in [-0.15, -0.1) is 0 Å². The molecule has 4 nitrogen and oxygen atoms in total. The number of halogens is 1. The van der Waals surface area contributed by atoms with Crippen LogP contribution >= 0.6 is 0 Å². The predicted molar refractivity (Wildman–Crippen MR) is 86.0 cm³/mol. The molecule has 0 spiro atoms. The van der Waals surface area contributed by atoms with Crippen molar-refractivity contribution in [2.45, 2.75) is 19.3 Å². The molecule has 1 aliphatic rings. The van der Waals surface area contributed by atoms with E-state index in [2.05, 4.69) is 14.9 Å². The summed E-state index contributed by atoms with van der Waals surface area (Å²) < 4.78 is 29.3. The number of hydrogen-bond acceptors (Lipinski definition) is 3. The second-order valence-electron chi connectivity index (χ2n) is 5.82. The lowest BCUT2D eigenvalue weighted by Gasteiger charge is -2.32. The average molecular weight is 300 g/mol. The van der Waals surface area contributed by atoms with E-state index >= 15 is 0 Å². The van der Waals surface area contributed by atoms with E-state index in [1.54, 1.807) is 0 Å². The first-order chi connectivity index (χ1) is 11.5. The summed E-state index contributed by atoms with van der Waals surface area (Å²) in [5.74, 6) is 1.65. The Bertz CT molecular complexity index is 866. The molecule has 0 amide bonds. The van der Waals surface area contributed by atoms with Crippen molar-refractivity contribution in [3.63, 3.8) is 0 Å². The largest absolute Gasteiger partial charge is 0.356 e. The van der Waals surface area contributed by atoms with Crippen LogP contribution in [0.3, 0.4) is 0 Å². The van der Waals surface area contributed by atoms with Crippen molar-refractivity contribution >= 4 is 22.6 Å². The maximum Gasteiger partial charge on any atom is 0.236 e. The van der Waals surface area contributed by atoms with Crippen molar-refractivity contribution in [3.8, 4) is 0 Å². The summed E-state index contributed by atoms with van der Waals surface area (Å²) in [7, 11) is 0. The second kappa shape index (κ2) is 5.55. The van der Waals surface area contributed by atoms with Crippen molar-refractivity contribution < 1.29 is 7.13 Å². The Hall–Kier alpha value is -2.17. The van der Waals surface area contributed by atoms with E-state index in [0.717, 1.165) is 42.8 Å². The highest BCUT2D eigenvalue weighted by atomic mass is 19.1. The molecule has 0 N–H and O–H groups in total. The number of nitrogens with zero attached hydrogens (tertiary/aromatic N) is 4. The molecule has 3 heterocycles. The number of fused-ring (bicyclic) bond motifs is 3. The van der Waals surface area contributed by atoms with E-state index < -0.39 is 6.63 Å². The molecule has 0 saturated carbocycles. The van der Waals surface area contributed by atoms with E-state index in [0.29, 0.717) is 5.78 Å². The van der Waals surface area contributed by atoms with E-state index in [1.807, 2.05) is 40.9 Å². The van der Waals surface area contributed by atoms with Gasteiger partial charge in [0.15, 0.2) is 0 Å². The first-order valence-corrected chi connectivity index (χ1v) is 7.67. The highest BCUT2D eigenvalue weighted by molar-refractivity contribution is 5.79. The standard InChI is InChI=1S/C17H19FN4/c18-9-5-13-6-10-21(11-7-13)16-8-12-22-15-4-2-1-3-14(15)19-17(22)20-16/h1-4,8,12-13H,5-7,9-11H2/i9D2. The molecular weight excluding hydrogens is 279 g/mol. The molecule has 0 aliphatic carbocycles. The molecule has 5 heteroatoms. The SMILES string of the molecule is [2H]C([2H])(F)CC1CCN(c2ccn3c(n2)nc2ccccc23)CC1.